The zero-order valence-corrected chi connectivity index (χ0v) is 19.2. The van der Waals surface area contributed by atoms with Gasteiger partial charge in [-0.3, -0.25) is 4.79 Å². The predicted molar refractivity (Wildman–Crippen MR) is 124 cm³/mol. The Morgan fingerprint density at radius 2 is 1.47 bits per heavy atom. The lowest BCUT2D eigenvalue weighted by Crippen LogP contribution is -2.21. The van der Waals surface area contributed by atoms with Gasteiger partial charge in [0.25, 0.3) is 0 Å². The van der Waals surface area contributed by atoms with Crippen LogP contribution < -0.4 is 4.74 Å². The zero-order chi connectivity index (χ0) is 27.7. The maximum absolute atomic E-state index is 13.3. The second kappa shape index (κ2) is 12.3. The van der Waals surface area contributed by atoms with Crippen molar-refractivity contribution in [3.05, 3.63) is 96.3 Å². The lowest BCUT2D eigenvalue weighted by Gasteiger charge is -2.15. The van der Waals surface area contributed by atoms with Crippen LogP contribution in [0.4, 0.5) is 17.6 Å². The number of aliphatic carboxylic acids is 2. The van der Waals surface area contributed by atoms with Gasteiger partial charge < -0.3 is 14.9 Å². The van der Waals surface area contributed by atoms with Crippen molar-refractivity contribution < 1.29 is 42.1 Å². The van der Waals surface area contributed by atoms with Gasteiger partial charge in [0.1, 0.15) is 11.6 Å². The van der Waals surface area contributed by atoms with Gasteiger partial charge in [-0.25, -0.2) is 24.1 Å². The van der Waals surface area contributed by atoms with Crippen LogP contribution in [0.15, 0.2) is 79.3 Å². The number of carboxylic acids is 2. The van der Waals surface area contributed by atoms with Crippen LogP contribution in [0.25, 0.3) is 11.4 Å². The monoisotopic (exact) mass is 530 g/mol. The van der Waals surface area contributed by atoms with E-state index < -0.39 is 29.9 Å². The van der Waals surface area contributed by atoms with Crippen LogP contribution in [0.2, 0.25) is 0 Å². The first-order valence-corrected chi connectivity index (χ1v) is 10.7. The molecule has 2 heterocycles. The number of nitrogens with zero attached hydrogens (tertiary/aromatic N) is 4. The molecule has 9 nitrogen and oxygen atoms in total. The van der Waals surface area contributed by atoms with Crippen molar-refractivity contribution in [1.29, 1.82) is 0 Å². The number of halogens is 4. The van der Waals surface area contributed by atoms with Crippen molar-refractivity contribution in [2.24, 2.45) is 0 Å². The van der Waals surface area contributed by atoms with Gasteiger partial charge >= 0.3 is 24.1 Å². The topological polar surface area (TPSA) is 135 Å². The van der Waals surface area contributed by atoms with Gasteiger partial charge in [0, 0.05) is 30.1 Å². The van der Waals surface area contributed by atoms with Crippen molar-refractivity contribution in [2.75, 3.05) is 0 Å². The SMILES string of the molecule is O=C(O)C(F)(F)F.O=C(O)CC(c1ccc(F)cc1)c1ccnc(Oc2ccc(-c3ncccn3)cc2)n1. The largest absolute Gasteiger partial charge is 0.490 e. The summed E-state index contributed by atoms with van der Waals surface area (Å²) in [5, 5.41) is 16.5. The van der Waals surface area contributed by atoms with E-state index in [0.29, 0.717) is 22.8 Å². The number of aromatic nitrogens is 4. The number of carbonyl (C=O) groups is 2. The Balaban J connectivity index is 0.000000505. The Morgan fingerprint density at radius 1 is 0.868 bits per heavy atom. The molecule has 0 aliphatic heterocycles. The smallest absolute Gasteiger partial charge is 0.481 e. The Labute approximate surface area is 212 Å². The average Bonchev–Trinajstić information content (AvgIpc) is 2.89. The van der Waals surface area contributed by atoms with Gasteiger partial charge in [0.05, 0.1) is 12.1 Å². The lowest BCUT2D eigenvalue weighted by atomic mass is 9.92. The Hall–Kier alpha value is -4.94. The minimum atomic E-state index is -5.08. The minimum absolute atomic E-state index is 0.0821. The molecule has 2 aromatic carbocycles. The van der Waals surface area contributed by atoms with E-state index >= 15 is 0 Å². The van der Waals surface area contributed by atoms with Gasteiger partial charge in [-0.15, -0.1) is 0 Å². The number of alkyl halides is 3. The van der Waals surface area contributed by atoms with Gasteiger partial charge in [-0.05, 0) is 54.1 Å². The summed E-state index contributed by atoms with van der Waals surface area (Å²) in [6.07, 6.45) is -0.447. The van der Waals surface area contributed by atoms with Crippen LogP contribution >= 0.6 is 0 Å². The molecule has 0 amide bonds. The first-order valence-electron chi connectivity index (χ1n) is 10.7. The molecule has 0 aliphatic carbocycles. The molecule has 4 aromatic rings. The molecule has 0 bridgehead atoms. The van der Waals surface area contributed by atoms with E-state index in [0.717, 1.165) is 5.56 Å². The summed E-state index contributed by atoms with van der Waals surface area (Å²) in [6, 6.07) is 16.3. The molecule has 2 aromatic heterocycles. The van der Waals surface area contributed by atoms with Gasteiger partial charge in [0.2, 0.25) is 0 Å². The Kier molecular flexibility index (Phi) is 8.98. The Bertz CT molecular complexity index is 1370. The summed E-state index contributed by atoms with van der Waals surface area (Å²) in [6.45, 7) is 0. The number of hydrogen-bond acceptors (Lipinski definition) is 7. The number of hydrogen-bond donors (Lipinski definition) is 2. The molecular formula is C25H18F4N4O5. The summed E-state index contributed by atoms with van der Waals surface area (Å²) < 4.78 is 50.8. The molecule has 0 saturated heterocycles. The first-order chi connectivity index (χ1) is 18.0. The van der Waals surface area contributed by atoms with E-state index in [1.807, 2.05) is 12.1 Å². The van der Waals surface area contributed by atoms with E-state index in [1.54, 1.807) is 48.8 Å². The zero-order valence-electron chi connectivity index (χ0n) is 19.2. The van der Waals surface area contributed by atoms with Crippen LogP contribution in [0.5, 0.6) is 11.8 Å². The van der Waals surface area contributed by atoms with Crippen molar-refractivity contribution >= 4 is 11.9 Å². The molecule has 38 heavy (non-hydrogen) atoms. The van der Waals surface area contributed by atoms with Gasteiger partial charge in [0.15, 0.2) is 5.82 Å². The molecule has 0 radical (unpaired) electrons. The van der Waals surface area contributed by atoms with Crippen molar-refractivity contribution in [3.63, 3.8) is 0 Å². The minimum Gasteiger partial charge on any atom is -0.481 e. The third-order valence-corrected chi connectivity index (χ3v) is 4.79. The summed E-state index contributed by atoms with van der Waals surface area (Å²) in [4.78, 5) is 37.2. The van der Waals surface area contributed by atoms with Crippen LogP contribution in [-0.4, -0.2) is 48.3 Å². The molecule has 0 saturated carbocycles. The molecule has 13 heteroatoms. The summed E-state index contributed by atoms with van der Waals surface area (Å²) in [5.74, 6) is -3.60. The molecule has 1 atom stereocenters. The van der Waals surface area contributed by atoms with Crippen LogP contribution in [-0.2, 0) is 9.59 Å². The number of carboxylic acid groups (broad SMARTS) is 2. The van der Waals surface area contributed by atoms with E-state index in [2.05, 4.69) is 19.9 Å². The van der Waals surface area contributed by atoms with E-state index in [4.69, 9.17) is 14.6 Å². The third-order valence-electron chi connectivity index (χ3n) is 4.79. The molecule has 0 aliphatic rings. The molecule has 0 spiro atoms. The second-order valence-corrected chi connectivity index (χ2v) is 7.47. The quantitative estimate of drug-likeness (QED) is 0.313. The maximum atomic E-state index is 13.3. The molecule has 0 fully saturated rings. The van der Waals surface area contributed by atoms with Crippen LogP contribution in [0.1, 0.15) is 23.6 Å². The predicted octanol–water partition coefficient (Wildman–Crippen LogP) is 5.10. The van der Waals surface area contributed by atoms with Gasteiger partial charge in [-0.1, -0.05) is 12.1 Å². The van der Waals surface area contributed by atoms with E-state index in [1.165, 1.54) is 18.3 Å². The average molecular weight is 530 g/mol. The third kappa shape index (κ3) is 8.05. The van der Waals surface area contributed by atoms with Crippen molar-refractivity contribution in [2.45, 2.75) is 18.5 Å². The molecule has 196 valence electrons. The van der Waals surface area contributed by atoms with Gasteiger partial charge in [-0.2, -0.15) is 18.2 Å². The highest BCUT2D eigenvalue weighted by molar-refractivity contribution is 5.73. The first kappa shape index (κ1) is 27.6. The Morgan fingerprint density at radius 3 is 2.03 bits per heavy atom. The molecule has 1 unspecified atom stereocenters. The summed E-state index contributed by atoms with van der Waals surface area (Å²) >= 11 is 0. The highest BCUT2D eigenvalue weighted by atomic mass is 19.4. The maximum Gasteiger partial charge on any atom is 0.490 e. The molecule has 4 rings (SSSR count). The molecular weight excluding hydrogens is 512 g/mol. The number of rotatable bonds is 7. The van der Waals surface area contributed by atoms with Crippen LogP contribution in [0.3, 0.4) is 0 Å². The standard InChI is InChI=1S/C23H17FN4O3.C2HF3O2/c24-17-6-2-15(3-7-17)19(14-21(29)30)20-10-13-27-23(28-20)31-18-8-4-16(5-9-18)22-25-11-1-12-26-22;3-2(4,5)1(6)7/h1-13,19H,14H2,(H,29,30);(H,6,7). The normalized spacial score (nSPS) is 11.6. The number of benzene rings is 2. The highest BCUT2D eigenvalue weighted by Crippen LogP contribution is 2.29. The summed E-state index contributed by atoms with van der Waals surface area (Å²) in [7, 11) is 0. The van der Waals surface area contributed by atoms with E-state index in [-0.39, 0.29) is 12.4 Å². The second-order valence-electron chi connectivity index (χ2n) is 7.47. The summed E-state index contributed by atoms with van der Waals surface area (Å²) in [5.41, 5.74) is 1.94. The van der Waals surface area contributed by atoms with Crippen LogP contribution in [0, 0.1) is 5.82 Å². The number of ether oxygens (including phenoxy) is 1. The van der Waals surface area contributed by atoms with E-state index in [9.17, 15) is 27.5 Å². The molecule has 2 N–H and O–H groups in total. The lowest BCUT2D eigenvalue weighted by molar-refractivity contribution is -0.192. The van der Waals surface area contributed by atoms with Crippen molar-refractivity contribution in [1.82, 2.24) is 19.9 Å². The fourth-order valence-electron chi connectivity index (χ4n) is 3.09. The highest BCUT2D eigenvalue weighted by Gasteiger charge is 2.38. The fourth-order valence-corrected chi connectivity index (χ4v) is 3.09. The fraction of sp³-hybridized carbons (Fsp3) is 0.120. The van der Waals surface area contributed by atoms with Crippen molar-refractivity contribution in [3.8, 4) is 23.1 Å².